The third kappa shape index (κ3) is 5.81. The highest BCUT2D eigenvalue weighted by Gasteiger charge is 2.40. The maximum absolute atomic E-state index is 14.8. The molecule has 7 nitrogen and oxygen atoms in total. The van der Waals surface area contributed by atoms with E-state index in [2.05, 4.69) is 21.4 Å². The molecular formula is C33H35F4N5O2S. The van der Waals surface area contributed by atoms with Crippen LogP contribution in [0.3, 0.4) is 0 Å². The zero-order valence-corrected chi connectivity index (χ0v) is 25.7. The molecule has 3 aliphatic heterocycles. The summed E-state index contributed by atoms with van der Waals surface area (Å²) in [6.45, 7) is 8.63. The Balaban J connectivity index is 1.36. The Kier molecular flexibility index (Phi) is 8.02. The molecule has 0 spiro atoms. The lowest BCUT2D eigenvalue weighted by Gasteiger charge is -2.39. The molecule has 2 saturated heterocycles. The van der Waals surface area contributed by atoms with Crippen molar-refractivity contribution in [1.29, 1.82) is 0 Å². The lowest BCUT2D eigenvalue weighted by atomic mass is 9.92. The minimum atomic E-state index is -4.71. The highest BCUT2D eigenvalue weighted by atomic mass is 32.2. The van der Waals surface area contributed by atoms with Crippen LogP contribution in [0.2, 0.25) is 0 Å². The van der Waals surface area contributed by atoms with Crippen molar-refractivity contribution in [3.05, 3.63) is 64.9 Å². The molecule has 0 radical (unpaired) electrons. The molecular weight excluding hydrogens is 606 g/mol. The Bertz CT molecular complexity index is 1690. The number of anilines is 1. The summed E-state index contributed by atoms with van der Waals surface area (Å²) in [5.41, 5.74) is -0.695. The fourth-order valence-electron chi connectivity index (χ4n) is 7.18. The summed E-state index contributed by atoms with van der Waals surface area (Å²) in [6.07, 6.45) is 0.0831. The van der Waals surface area contributed by atoms with Crippen molar-refractivity contribution in [3.63, 3.8) is 0 Å². The lowest BCUT2D eigenvalue weighted by molar-refractivity contribution is -0.137. The van der Waals surface area contributed by atoms with Gasteiger partial charge in [0.25, 0.3) is 0 Å². The van der Waals surface area contributed by atoms with Crippen molar-refractivity contribution >= 4 is 34.3 Å². The van der Waals surface area contributed by atoms with Gasteiger partial charge in [-0.05, 0) is 55.5 Å². The van der Waals surface area contributed by atoms with Crippen LogP contribution in [-0.2, 0) is 11.0 Å². The highest BCUT2D eigenvalue weighted by Crippen LogP contribution is 2.50. The van der Waals surface area contributed by atoms with Crippen LogP contribution in [0, 0.1) is 11.7 Å². The normalized spacial score (nSPS) is 21.8. The van der Waals surface area contributed by atoms with Crippen molar-refractivity contribution in [2.45, 2.75) is 48.8 Å². The molecule has 12 heteroatoms. The lowest BCUT2D eigenvalue weighted by Crippen LogP contribution is -2.49. The van der Waals surface area contributed by atoms with Gasteiger partial charge in [-0.3, -0.25) is 19.2 Å². The van der Waals surface area contributed by atoms with E-state index < -0.39 is 23.2 Å². The minimum Gasteiger partial charge on any atom is -0.356 e. The Morgan fingerprint density at radius 3 is 2.33 bits per heavy atom. The van der Waals surface area contributed by atoms with Crippen LogP contribution in [0.1, 0.15) is 37.3 Å². The summed E-state index contributed by atoms with van der Waals surface area (Å²) in [5, 5.41) is 0.270. The van der Waals surface area contributed by atoms with E-state index in [0.29, 0.717) is 54.7 Å². The molecule has 2 aromatic carbocycles. The summed E-state index contributed by atoms with van der Waals surface area (Å²) < 4.78 is 60.0. The average molecular weight is 642 g/mol. The van der Waals surface area contributed by atoms with Gasteiger partial charge in [-0.1, -0.05) is 18.7 Å². The molecule has 4 aliphatic rings. The van der Waals surface area contributed by atoms with E-state index >= 15 is 0 Å². The van der Waals surface area contributed by atoms with Gasteiger partial charge in [-0.25, -0.2) is 9.18 Å². The number of hydrogen-bond donors (Lipinski definition) is 0. The van der Waals surface area contributed by atoms with E-state index in [-0.39, 0.29) is 40.1 Å². The van der Waals surface area contributed by atoms with E-state index in [0.717, 1.165) is 44.4 Å². The number of ketones is 1. The van der Waals surface area contributed by atoms with Gasteiger partial charge in [-0.2, -0.15) is 18.2 Å². The molecule has 0 amide bonds. The fraction of sp³-hybridized carbons (Fsp3) is 0.485. The van der Waals surface area contributed by atoms with E-state index in [9.17, 15) is 27.2 Å². The van der Waals surface area contributed by atoms with E-state index in [1.54, 1.807) is 4.57 Å². The third-order valence-corrected chi connectivity index (χ3v) is 10.9. The average Bonchev–Trinajstić information content (AvgIpc) is 3.89. The number of benzene rings is 2. The van der Waals surface area contributed by atoms with Crippen LogP contribution in [0.15, 0.2) is 52.7 Å². The van der Waals surface area contributed by atoms with E-state index in [1.807, 2.05) is 4.90 Å². The quantitative estimate of drug-likeness (QED) is 0.245. The fourth-order valence-corrected chi connectivity index (χ4v) is 8.52. The Morgan fingerprint density at radius 1 is 1.02 bits per heavy atom. The van der Waals surface area contributed by atoms with Crippen LogP contribution in [0.25, 0.3) is 22.0 Å². The van der Waals surface area contributed by atoms with E-state index in [4.69, 9.17) is 0 Å². The molecule has 1 aromatic heterocycles. The minimum absolute atomic E-state index is 0.0444. The van der Waals surface area contributed by atoms with Gasteiger partial charge in [-0.15, -0.1) is 11.8 Å². The number of nitrogens with zero attached hydrogens (tertiary/aromatic N) is 5. The Labute approximate surface area is 262 Å². The van der Waals surface area contributed by atoms with Gasteiger partial charge in [0.1, 0.15) is 11.6 Å². The first-order valence-corrected chi connectivity index (χ1v) is 16.6. The molecule has 0 bridgehead atoms. The number of rotatable bonds is 7. The van der Waals surface area contributed by atoms with Crippen molar-refractivity contribution in [1.82, 2.24) is 19.4 Å². The molecule has 238 valence electrons. The molecule has 1 aliphatic carbocycles. The van der Waals surface area contributed by atoms with Crippen LogP contribution in [0.4, 0.5) is 23.4 Å². The zero-order valence-electron chi connectivity index (χ0n) is 24.9. The summed E-state index contributed by atoms with van der Waals surface area (Å²) in [4.78, 5) is 37.7. The van der Waals surface area contributed by atoms with Gasteiger partial charge >= 0.3 is 11.9 Å². The molecule has 1 saturated carbocycles. The number of halogens is 4. The molecule has 45 heavy (non-hydrogen) atoms. The second kappa shape index (κ2) is 11.9. The van der Waals surface area contributed by atoms with Crippen LogP contribution >= 0.6 is 11.8 Å². The predicted octanol–water partition coefficient (Wildman–Crippen LogP) is 5.62. The largest absolute Gasteiger partial charge is 0.417 e. The van der Waals surface area contributed by atoms with Gasteiger partial charge in [0, 0.05) is 79.4 Å². The first-order valence-electron chi connectivity index (χ1n) is 15.6. The number of aromatic nitrogens is 2. The summed E-state index contributed by atoms with van der Waals surface area (Å²) in [7, 11) is 0. The number of carbonyl (C=O) groups is 1. The smallest absolute Gasteiger partial charge is 0.356 e. The second-order valence-corrected chi connectivity index (χ2v) is 13.5. The maximum Gasteiger partial charge on any atom is 0.417 e. The number of thioether (sulfide) groups is 1. The summed E-state index contributed by atoms with van der Waals surface area (Å²) in [6, 6.07) is 6.57. The molecule has 0 unspecified atom stereocenters. The second-order valence-electron chi connectivity index (χ2n) is 12.5. The molecule has 3 fully saturated rings. The van der Waals surface area contributed by atoms with Crippen molar-refractivity contribution in [2.24, 2.45) is 5.92 Å². The van der Waals surface area contributed by atoms with E-state index in [1.165, 1.54) is 42.8 Å². The summed E-state index contributed by atoms with van der Waals surface area (Å²) >= 11 is 1.33. The Hall–Kier alpha value is -3.22. The van der Waals surface area contributed by atoms with Crippen LogP contribution in [-0.4, -0.2) is 82.7 Å². The van der Waals surface area contributed by atoms with Gasteiger partial charge in [0.2, 0.25) is 0 Å². The number of hydrogen-bond acceptors (Lipinski definition) is 7. The van der Waals surface area contributed by atoms with Gasteiger partial charge in [0.15, 0.2) is 5.78 Å². The SMILES string of the molecule is C=CC(=O)C1CCN(c2nc(=O)n3c4c(c(-c5ccc(F)cc5)c(C(F)(F)F)cc24)SC[C@@H]3CN2CCN(C3CC3)CC2)CC1. The highest BCUT2D eigenvalue weighted by molar-refractivity contribution is 7.99. The first-order chi connectivity index (χ1) is 21.6. The third-order valence-electron chi connectivity index (χ3n) is 9.71. The maximum atomic E-state index is 14.8. The number of piperazine rings is 1. The molecule has 7 rings (SSSR count). The van der Waals surface area contributed by atoms with Gasteiger partial charge < -0.3 is 4.90 Å². The zero-order chi connectivity index (χ0) is 31.5. The monoisotopic (exact) mass is 641 g/mol. The standard InChI is InChI=1S/C33H35F4N5O2S/c1-2-27(43)20-9-11-41(12-10-20)31-25-17-26(33(35,36)37)28(21-3-5-22(34)6-4-21)30-29(25)42(32(44)38-31)24(19-45-30)18-39-13-15-40(16-14-39)23-7-8-23/h2-6,17,20,23-24H,1,7-16,18-19H2/t24-/m0/s1. The number of allylic oxidation sites excluding steroid dienone is 1. The van der Waals surface area contributed by atoms with Crippen molar-refractivity contribution in [2.75, 3.05) is 56.5 Å². The van der Waals surface area contributed by atoms with Crippen molar-refractivity contribution < 1.29 is 22.4 Å². The van der Waals surface area contributed by atoms with Gasteiger partial charge in [0.05, 0.1) is 17.1 Å². The van der Waals surface area contributed by atoms with Crippen LogP contribution < -0.4 is 10.6 Å². The van der Waals surface area contributed by atoms with Crippen LogP contribution in [0.5, 0.6) is 0 Å². The van der Waals surface area contributed by atoms with Crippen molar-refractivity contribution in [3.8, 4) is 11.1 Å². The topological polar surface area (TPSA) is 61.7 Å². The molecule has 0 N–H and O–H groups in total. The molecule has 1 atom stereocenters. The Morgan fingerprint density at radius 2 is 1.71 bits per heavy atom. The predicted molar refractivity (Wildman–Crippen MR) is 167 cm³/mol. The first kappa shape index (κ1) is 30.4. The summed E-state index contributed by atoms with van der Waals surface area (Å²) in [5.74, 6) is -0.183. The molecule has 3 aromatic rings. The number of carbonyl (C=O) groups excluding carboxylic acids is 1. The molecule has 4 heterocycles. The number of piperidine rings is 1. The number of alkyl halides is 3.